The van der Waals surface area contributed by atoms with E-state index in [0.717, 1.165) is 0 Å². The van der Waals surface area contributed by atoms with Crippen LogP contribution in [0.2, 0.25) is 0 Å². The summed E-state index contributed by atoms with van der Waals surface area (Å²) in [5.41, 5.74) is 0.636. The van der Waals surface area contributed by atoms with Gasteiger partial charge in [-0.25, -0.2) is 4.39 Å². The maximum atomic E-state index is 12.8. The molecule has 1 fully saturated rings. The zero-order chi connectivity index (χ0) is 13.1. The van der Waals surface area contributed by atoms with Crippen molar-refractivity contribution in [2.75, 3.05) is 19.6 Å². The van der Waals surface area contributed by atoms with Crippen LogP contribution < -0.4 is 5.32 Å². The van der Waals surface area contributed by atoms with Gasteiger partial charge in [0.05, 0.1) is 0 Å². The van der Waals surface area contributed by atoms with Gasteiger partial charge in [-0.2, -0.15) is 0 Å². The summed E-state index contributed by atoms with van der Waals surface area (Å²) in [4.78, 5) is 24.0. The lowest BCUT2D eigenvalue weighted by Gasteiger charge is -2.32. The van der Waals surface area contributed by atoms with E-state index in [0.29, 0.717) is 18.7 Å². The van der Waals surface area contributed by atoms with Crippen LogP contribution in [0.25, 0.3) is 0 Å². The molecule has 1 amide bonds. The van der Waals surface area contributed by atoms with E-state index in [1.807, 2.05) is 0 Å². The predicted molar refractivity (Wildman–Crippen MR) is 61.4 cm³/mol. The quantitative estimate of drug-likeness (QED) is 0.816. The molecule has 18 heavy (non-hydrogen) atoms. The molecule has 0 aromatic heterocycles. The summed E-state index contributed by atoms with van der Waals surface area (Å²) >= 11 is 0. The van der Waals surface area contributed by atoms with Crippen molar-refractivity contribution >= 4 is 11.9 Å². The number of nitrogens with one attached hydrogen (secondary N) is 1. The second kappa shape index (κ2) is 5.14. The smallest absolute Gasteiger partial charge is 0.323 e. The fourth-order valence-electron chi connectivity index (χ4n) is 1.96. The summed E-state index contributed by atoms with van der Waals surface area (Å²) in [7, 11) is 0. The molecule has 1 unspecified atom stereocenters. The molecular formula is C12H13FN2O3. The Kier molecular flexibility index (Phi) is 3.57. The number of hydrogen-bond donors (Lipinski definition) is 2. The summed E-state index contributed by atoms with van der Waals surface area (Å²) in [5.74, 6) is -1.71. The highest BCUT2D eigenvalue weighted by molar-refractivity contribution is 5.87. The molecule has 0 radical (unpaired) electrons. The third-order valence-electron chi connectivity index (χ3n) is 2.82. The minimum absolute atomic E-state index is 0.296. The zero-order valence-electron chi connectivity index (χ0n) is 9.60. The Bertz CT molecular complexity index is 461. The highest BCUT2D eigenvalue weighted by Gasteiger charge is 2.30. The number of benzene rings is 1. The van der Waals surface area contributed by atoms with Crippen LogP contribution in [0.1, 0.15) is 11.6 Å². The number of carbonyl (C=O) groups excluding carboxylic acids is 1. The molecule has 1 heterocycles. The zero-order valence-corrected chi connectivity index (χ0v) is 9.60. The molecule has 0 aliphatic carbocycles. The first-order chi connectivity index (χ1) is 8.58. The van der Waals surface area contributed by atoms with Gasteiger partial charge in [0.1, 0.15) is 18.4 Å². The highest BCUT2D eigenvalue weighted by atomic mass is 19.1. The Morgan fingerprint density at radius 3 is 2.72 bits per heavy atom. The summed E-state index contributed by atoms with van der Waals surface area (Å²) in [5, 5.41) is 11.7. The van der Waals surface area contributed by atoms with Gasteiger partial charge in [-0.3, -0.25) is 9.59 Å². The van der Waals surface area contributed by atoms with E-state index in [4.69, 9.17) is 5.11 Å². The standard InChI is InChI=1S/C12H13FN2O3/c13-9-3-1-8(2-4-9)11-12(18)15(6-5-14-11)7-10(16)17/h1-4,11,14H,5-7H2,(H,16,17). The van der Waals surface area contributed by atoms with E-state index in [1.165, 1.54) is 29.2 Å². The van der Waals surface area contributed by atoms with Crippen LogP contribution in [0.4, 0.5) is 4.39 Å². The Hall–Kier alpha value is -1.95. The van der Waals surface area contributed by atoms with Crippen molar-refractivity contribution in [1.82, 2.24) is 10.2 Å². The molecule has 2 N–H and O–H groups in total. The van der Waals surface area contributed by atoms with Crippen LogP contribution in [0, 0.1) is 5.82 Å². The number of carboxylic acids is 1. The molecule has 96 valence electrons. The lowest BCUT2D eigenvalue weighted by Crippen LogP contribution is -2.51. The van der Waals surface area contributed by atoms with Crippen molar-refractivity contribution in [2.24, 2.45) is 0 Å². The molecule has 1 aliphatic rings. The van der Waals surface area contributed by atoms with Gasteiger partial charge in [-0.1, -0.05) is 12.1 Å². The van der Waals surface area contributed by atoms with E-state index >= 15 is 0 Å². The fraction of sp³-hybridized carbons (Fsp3) is 0.333. The first-order valence-electron chi connectivity index (χ1n) is 5.57. The van der Waals surface area contributed by atoms with Crippen molar-refractivity contribution < 1.29 is 19.1 Å². The SMILES string of the molecule is O=C(O)CN1CCNC(c2ccc(F)cc2)C1=O. The van der Waals surface area contributed by atoms with Gasteiger partial charge in [0, 0.05) is 13.1 Å². The number of rotatable bonds is 3. The van der Waals surface area contributed by atoms with Crippen LogP contribution in [-0.2, 0) is 9.59 Å². The van der Waals surface area contributed by atoms with Crippen molar-refractivity contribution in [3.8, 4) is 0 Å². The predicted octanol–water partition coefficient (Wildman–Crippen LogP) is 0.383. The van der Waals surface area contributed by atoms with E-state index in [9.17, 15) is 14.0 Å². The van der Waals surface area contributed by atoms with Crippen LogP contribution >= 0.6 is 0 Å². The second-order valence-corrected chi connectivity index (χ2v) is 4.09. The molecular weight excluding hydrogens is 239 g/mol. The lowest BCUT2D eigenvalue weighted by molar-refractivity contribution is -0.146. The first-order valence-corrected chi connectivity index (χ1v) is 5.57. The maximum Gasteiger partial charge on any atom is 0.323 e. The van der Waals surface area contributed by atoms with Gasteiger partial charge in [-0.15, -0.1) is 0 Å². The molecule has 0 spiro atoms. The summed E-state index contributed by atoms with van der Waals surface area (Å²) < 4.78 is 12.8. The third kappa shape index (κ3) is 2.65. The monoisotopic (exact) mass is 252 g/mol. The van der Waals surface area contributed by atoms with Crippen molar-refractivity contribution in [3.05, 3.63) is 35.6 Å². The van der Waals surface area contributed by atoms with E-state index in [2.05, 4.69) is 5.32 Å². The Balaban J connectivity index is 2.15. The largest absolute Gasteiger partial charge is 0.480 e. The van der Waals surface area contributed by atoms with Crippen molar-refractivity contribution in [2.45, 2.75) is 6.04 Å². The number of carboxylic acid groups (broad SMARTS) is 1. The molecule has 1 saturated heterocycles. The minimum atomic E-state index is -1.04. The molecule has 1 atom stereocenters. The van der Waals surface area contributed by atoms with E-state index in [-0.39, 0.29) is 18.3 Å². The average molecular weight is 252 g/mol. The van der Waals surface area contributed by atoms with Gasteiger partial charge in [0.2, 0.25) is 5.91 Å². The number of aliphatic carboxylic acids is 1. The molecule has 1 aliphatic heterocycles. The lowest BCUT2D eigenvalue weighted by atomic mass is 10.0. The van der Waals surface area contributed by atoms with Crippen molar-refractivity contribution in [3.63, 3.8) is 0 Å². The number of nitrogens with zero attached hydrogens (tertiary/aromatic N) is 1. The van der Waals surface area contributed by atoms with Crippen LogP contribution in [0.15, 0.2) is 24.3 Å². The van der Waals surface area contributed by atoms with Gasteiger partial charge in [0.25, 0.3) is 0 Å². The number of carbonyl (C=O) groups is 2. The summed E-state index contributed by atoms with van der Waals surface area (Å²) in [6.07, 6.45) is 0. The molecule has 2 rings (SSSR count). The number of hydrogen-bond acceptors (Lipinski definition) is 3. The number of halogens is 1. The molecule has 6 heteroatoms. The van der Waals surface area contributed by atoms with Gasteiger partial charge in [-0.05, 0) is 17.7 Å². The van der Waals surface area contributed by atoms with E-state index in [1.54, 1.807) is 0 Å². The first kappa shape index (κ1) is 12.5. The van der Waals surface area contributed by atoms with Crippen molar-refractivity contribution in [1.29, 1.82) is 0 Å². The molecule has 1 aromatic carbocycles. The minimum Gasteiger partial charge on any atom is -0.480 e. The normalized spacial score (nSPS) is 19.9. The average Bonchev–Trinajstić information content (AvgIpc) is 2.33. The molecule has 1 aromatic rings. The Labute approximate surface area is 103 Å². The second-order valence-electron chi connectivity index (χ2n) is 4.09. The molecule has 5 nitrogen and oxygen atoms in total. The summed E-state index contributed by atoms with van der Waals surface area (Å²) in [6, 6.07) is 5.00. The Morgan fingerprint density at radius 1 is 1.44 bits per heavy atom. The third-order valence-corrected chi connectivity index (χ3v) is 2.82. The van der Waals surface area contributed by atoms with Crippen LogP contribution in [0.3, 0.4) is 0 Å². The van der Waals surface area contributed by atoms with Crippen LogP contribution in [-0.4, -0.2) is 41.5 Å². The summed E-state index contributed by atoms with van der Waals surface area (Å²) in [6.45, 7) is 0.572. The Morgan fingerprint density at radius 2 is 2.11 bits per heavy atom. The highest BCUT2D eigenvalue weighted by Crippen LogP contribution is 2.18. The molecule has 0 saturated carbocycles. The van der Waals surface area contributed by atoms with Gasteiger partial charge >= 0.3 is 5.97 Å². The topological polar surface area (TPSA) is 69.6 Å². The van der Waals surface area contributed by atoms with Gasteiger partial charge in [0.15, 0.2) is 0 Å². The maximum absolute atomic E-state index is 12.8. The fourth-order valence-corrected chi connectivity index (χ4v) is 1.96. The van der Waals surface area contributed by atoms with Crippen LogP contribution in [0.5, 0.6) is 0 Å². The number of amides is 1. The molecule has 0 bridgehead atoms. The van der Waals surface area contributed by atoms with Gasteiger partial charge < -0.3 is 15.3 Å². The number of piperazine rings is 1. The van der Waals surface area contributed by atoms with E-state index < -0.39 is 12.0 Å².